The van der Waals surface area contributed by atoms with Gasteiger partial charge in [0.05, 0.1) is 5.69 Å². The average molecular weight is 366 g/mol. The number of hydrogen-bond acceptors (Lipinski definition) is 6. The number of nitrogens with one attached hydrogen (secondary N) is 3. The fraction of sp³-hybridized carbons (Fsp3) is 0.118. The molecule has 0 saturated carbocycles. The summed E-state index contributed by atoms with van der Waals surface area (Å²) < 4.78 is 15.9. The molecule has 1 amide bonds. The van der Waals surface area contributed by atoms with E-state index in [1.54, 1.807) is 41.9 Å². The summed E-state index contributed by atoms with van der Waals surface area (Å²) in [4.78, 5) is 24.4. The summed E-state index contributed by atoms with van der Waals surface area (Å²) in [5.41, 5.74) is 1.13. The third kappa shape index (κ3) is 3.19. The number of pyridine rings is 1. The molecule has 4 aromatic rings. The highest BCUT2D eigenvalue weighted by molar-refractivity contribution is 5.88. The minimum atomic E-state index is -0.471. The number of aromatic amines is 1. The molecule has 0 bridgehead atoms. The van der Waals surface area contributed by atoms with Crippen LogP contribution in [0.1, 0.15) is 12.7 Å². The van der Waals surface area contributed by atoms with E-state index in [9.17, 15) is 9.18 Å². The van der Waals surface area contributed by atoms with Gasteiger partial charge < -0.3 is 10.6 Å². The predicted molar refractivity (Wildman–Crippen MR) is 97.1 cm³/mol. The average Bonchev–Trinajstić information content (AvgIpc) is 3.22. The van der Waals surface area contributed by atoms with Crippen molar-refractivity contribution in [2.45, 2.75) is 13.8 Å². The number of carbonyl (C=O) groups is 1. The number of halogens is 1. The normalized spacial score (nSPS) is 10.9. The van der Waals surface area contributed by atoms with Crippen LogP contribution in [0, 0.1) is 12.7 Å². The zero-order valence-electron chi connectivity index (χ0n) is 14.5. The second-order valence-corrected chi connectivity index (χ2v) is 5.81. The number of hydrogen-bond donors (Lipinski definition) is 3. The molecule has 4 heterocycles. The van der Waals surface area contributed by atoms with Gasteiger partial charge in [-0.1, -0.05) is 0 Å². The van der Waals surface area contributed by atoms with Gasteiger partial charge in [0, 0.05) is 31.5 Å². The third-order valence-corrected chi connectivity index (χ3v) is 3.73. The molecule has 4 rings (SSSR count). The molecule has 0 atom stereocenters. The smallest absolute Gasteiger partial charge is 0.222 e. The number of aryl methyl sites for hydroxylation is 1. The number of aromatic nitrogens is 6. The Balaban J connectivity index is 1.93. The lowest BCUT2D eigenvalue weighted by atomic mass is 10.2. The lowest BCUT2D eigenvalue weighted by Crippen LogP contribution is -2.09. The van der Waals surface area contributed by atoms with Crippen molar-refractivity contribution in [2.24, 2.45) is 0 Å². The summed E-state index contributed by atoms with van der Waals surface area (Å²) in [5, 5.41) is 12.4. The monoisotopic (exact) mass is 366 g/mol. The molecule has 9 nitrogen and oxygen atoms in total. The first-order chi connectivity index (χ1) is 13.0. The fourth-order valence-electron chi connectivity index (χ4n) is 2.75. The second-order valence-electron chi connectivity index (χ2n) is 5.81. The van der Waals surface area contributed by atoms with Crippen LogP contribution in [0.5, 0.6) is 0 Å². The Hall–Kier alpha value is -3.82. The number of rotatable bonds is 4. The molecule has 0 aliphatic rings. The number of anilines is 3. The van der Waals surface area contributed by atoms with Gasteiger partial charge in [0.1, 0.15) is 17.3 Å². The van der Waals surface area contributed by atoms with Crippen LogP contribution in [0.3, 0.4) is 0 Å². The van der Waals surface area contributed by atoms with E-state index in [1.165, 1.54) is 13.0 Å². The highest BCUT2D eigenvalue weighted by atomic mass is 19.1. The van der Waals surface area contributed by atoms with Gasteiger partial charge in [0.25, 0.3) is 0 Å². The van der Waals surface area contributed by atoms with Gasteiger partial charge in [-0.15, -0.1) is 0 Å². The molecule has 0 unspecified atom stereocenters. The Morgan fingerprint density at radius 3 is 2.81 bits per heavy atom. The molecule has 0 fully saturated rings. The van der Waals surface area contributed by atoms with Crippen molar-refractivity contribution in [1.29, 1.82) is 0 Å². The quantitative estimate of drug-likeness (QED) is 0.512. The maximum absolute atomic E-state index is 14.3. The van der Waals surface area contributed by atoms with E-state index < -0.39 is 5.82 Å². The van der Waals surface area contributed by atoms with E-state index in [2.05, 4.69) is 35.8 Å². The van der Waals surface area contributed by atoms with Gasteiger partial charge in [-0.2, -0.15) is 5.10 Å². The summed E-state index contributed by atoms with van der Waals surface area (Å²) >= 11 is 0. The van der Waals surface area contributed by atoms with E-state index in [-0.39, 0.29) is 11.6 Å². The van der Waals surface area contributed by atoms with Gasteiger partial charge in [-0.05, 0) is 19.1 Å². The summed E-state index contributed by atoms with van der Waals surface area (Å²) in [5.74, 6) is 0.974. The van der Waals surface area contributed by atoms with Crippen molar-refractivity contribution in [1.82, 2.24) is 29.5 Å². The lowest BCUT2D eigenvalue weighted by Gasteiger charge is -2.08. The highest BCUT2D eigenvalue weighted by Gasteiger charge is 2.19. The van der Waals surface area contributed by atoms with E-state index >= 15 is 0 Å². The van der Waals surface area contributed by atoms with Crippen LogP contribution < -0.4 is 10.6 Å². The van der Waals surface area contributed by atoms with E-state index in [0.717, 1.165) is 0 Å². The van der Waals surface area contributed by atoms with E-state index in [0.29, 0.717) is 34.7 Å². The molecule has 0 radical (unpaired) electrons. The first kappa shape index (κ1) is 16.6. The van der Waals surface area contributed by atoms with Crippen molar-refractivity contribution in [3.05, 3.63) is 48.3 Å². The molecule has 10 heteroatoms. The lowest BCUT2D eigenvalue weighted by molar-refractivity contribution is -0.114. The molecule has 0 spiro atoms. The molecular weight excluding hydrogens is 351 g/mol. The summed E-state index contributed by atoms with van der Waals surface area (Å²) in [6.07, 6.45) is 3.34. The van der Waals surface area contributed by atoms with E-state index in [1.807, 2.05) is 0 Å². The van der Waals surface area contributed by atoms with Gasteiger partial charge in [-0.3, -0.25) is 14.3 Å². The first-order valence-electron chi connectivity index (χ1n) is 8.08. The van der Waals surface area contributed by atoms with Crippen molar-refractivity contribution >= 4 is 29.0 Å². The van der Waals surface area contributed by atoms with Gasteiger partial charge >= 0.3 is 0 Å². The maximum atomic E-state index is 14.3. The second kappa shape index (κ2) is 6.48. The topological polar surface area (TPSA) is 113 Å². The van der Waals surface area contributed by atoms with E-state index in [4.69, 9.17) is 0 Å². The van der Waals surface area contributed by atoms with Crippen molar-refractivity contribution in [2.75, 3.05) is 10.6 Å². The SMILES string of the molecule is CC(=O)Nc1cc(-c2c(Nc3cc[nH]n3)nc3c(F)cccn23)nc(C)n1. The van der Waals surface area contributed by atoms with Gasteiger partial charge in [0.15, 0.2) is 23.1 Å². The molecule has 4 aromatic heterocycles. The van der Waals surface area contributed by atoms with Crippen molar-refractivity contribution < 1.29 is 9.18 Å². The Labute approximate surface area is 152 Å². The molecule has 27 heavy (non-hydrogen) atoms. The molecule has 3 N–H and O–H groups in total. The Kier molecular flexibility index (Phi) is 3.99. The van der Waals surface area contributed by atoms with Crippen LogP contribution in [0.25, 0.3) is 17.0 Å². The van der Waals surface area contributed by atoms with Gasteiger partial charge in [0.2, 0.25) is 5.91 Å². The largest absolute Gasteiger partial charge is 0.322 e. The van der Waals surface area contributed by atoms with Crippen LogP contribution in [0.4, 0.5) is 21.8 Å². The van der Waals surface area contributed by atoms with Crippen LogP contribution in [0.15, 0.2) is 36.7 Å². The van der Waals surface area contributed by atoms with Crippen LogP contribution in [0.2, 0.25) is 0 Å². The number of fused-ring (bicyclic) bond motifs is 1. The molecule has 0 aromatic carbocycles. The predicted octanol–water partition coefficient (Wildman–Crippen LogP) is 2.66. The summed E-state index contributed by atoms with van der Waals surface area (Å²) in [6, 6.07) is 6.24. The molecule has 136 valence electrons. The zero-order chi connectivity index (χ0) is 19.0. The van der Waals surface area contributed by atoms with Crippen molar-refractivity contribution in [3.63, 3.8) is 0 Å². The number of carbonyl (C=O) groups excluding carboxylic acids is 1. The number of nitrogens with zero attached hydrogens (tertiary/aromatic N) is 5. The molecular formula is C17H15FN8O. The summed E-state index contributed by atoms with van der Waals surface area (Å²) in [7, 11) is 0. The zero-order valence-corrected chi connectivity index (χ0v) is 14.5. The fourth-order valence-corrected chi connectivity index (χ4v) is 2.75. The van der Waals surface area contributed by atoms with Crippen LogP contribution >= 0.6 is 0 Å². The van der Waals surface area contributed by atoms with Crippen LogP contribution in [-0.4, -0.2) is 35.5 Å². The summed E-state index contributed by atoms with van der Waals surface area (Å²) in [6.45, 7) is 3.10. The molecule has 0 aliphatic carbocycles. The number of H-pyrrole nitrogens is 1. The van der Waals surface area contributed by atoms with Crippen LogP contribution in [-0.2, 0) is 4.79 Å². The Morgan fingerprint density at radius 1 is 1.22 bits per heavy atom. The third-order valence-electron chi connectivity index (χ3n) is 3.73. The minimum absolute atomic E-state index is 0.142. The van der Waals surface area contributed by atoms with Crippen molar-refractivity contribution in [3.8, 4) is 11.4 Å². The number of amides is 1. The van der Waals surface area contributed by atoms with Gasteiger partial charge in [-0.25, -0.2) is 19.3 Å². The Bertz CT molecular complexity index is 1140. The molecule has 0 aliphatic heterocycles. The minimum Gasteiger partial charge on any atom is -0.322 e. The first-order valence-corrected chi connectivity index (χ1v) is 8.08. The molecule has 0 saturated heterocycles. The number of imidazole rings is 1. The standard InChI is InChI=1S/C17H15FN8O/c1-9-20-12(8-14(21-9)22-10(2)27)15-16(23-13-5-6-19-25-13)24-17-11(18)4-3-7-26(15)17/h3-8H,1-2H3,(H2,19,23,25)(H,20,21,22,27). The Morgan fingerprint density at radius 2 is 2.07 bits per heavy atom. The highest BCUT2D eigenvalue weighted by Crippen LogP contribution is 2.31. The maximum Gasteiger partial charge on any atom is 0.222 e.